The Hall–Kier alpha value is -3.76. The van der Waals surface area contributed by atoms with Crippen molar-refractivity contribution >= 4 is 33.1 Å². The number of nitriles is 1. The number of anilines is 1. The summed E-state index contributed by atoms with van der Waals surface area (Å²) in [6.07, 6.45) is 0. The van der Waals surface area contributed by atoms with E-state index in [0.717, 1.165) is 27.0 Å². The van der Waals surface area contributed by atoms with E-state index in [4.69, 9.17) is 10.00 Å². The fraction of sp³-hybridized carbons (Fsp3) is 0.167. The number of hydrogen-bond donors (Lipinski definition) is 1. The van der Waals surface area contributed by atoms with Crippen LogP contribution < -0.4 is 10.1 Å². The zero-order valence-electron chi connectivity index (χ0n) is 17.4. The highest BCUT2D eigenvalue weighted by molar-refractivity contribution is 7.20. The molecule has 0 saturated carbocycles. The largest absolute Gasteiger partial charge is 0.489 e. The summed E-state index contributed by atoms with van der Waals surface area (Å²) >= 11 is 1.37. The lowest BCUT2D eigenvalue weighted by Gasteiger charge is -2.09. The lowest BCUT2D eigenvalue weighted by atomic mass is 10.1. The molecule has 0 atom stereocenters. The van der Waals surface area contributed by atoms with Gasteiger partial charge in [0.05, 0.1) is 16.5 Å². The van der Waals surface area contributed by atoms with Crippen molar-refractivity contribution in [2.75, 3.05) is 5.32 Å². The number of amides is 1. The number of ether oxygens (including phenoxy) is 1. The summed E-state index contributed by atoms with van der Waals surface area (Å²) in [5.41, 5.74) is 3.91. The van der Waals surface area contributed by atoms with Crippen molar-refractivity contribution in [3.63, 3.8) is 0 Å². The Morgan fingerprint density at radius 1 is 1.13 bits per heavy atom. The summed E-state index contributed by atoms with van der Waals surface area (Å²) in [5.74, 6) is 1.14. The van der Waals surface area contributed by atoms with Gasteiger partial charge in [0.1, 0.15) is 23.0 Å². The zero-order chi connectivity index (χ0) is 22.0. The predicted octanol–water partition coefficient (Wildman–Crippen LogP) is 5.32. The predicted molar refractivity (Wildman–Crippen MR) is 122 cm³/mol. The molecule has 0 spiro atoms. The first-order valence-electron chi connectivity index (χ1n) is 9.72. The third-order valence-corrected chi connectivity index (χ3v) is 6.03. The van der Waals surface area contributed by atoms with Crippen LogP contribution in [0.2, 0.25) is 0 Å². The number of carbonyl (C=O) groups excluding carboxylic acids is 1. The Kier molecular flexibility index (Phi) is 5.65. The van der Waals surface area contributed by atoms with Crippen LogP contribution in [0.15, 0.2) is 48.5 Å². The first kappa shape index (κ1) is 20.5. The van der Waals surface area contributed by atoms with E-state index in [9.17, 15) is 4.79 Å². The summed E-state index contributed by atoms with van der Waals surface area (Å²) in [6.45, 7) is 6.04. The lowest BCUT2D eigenvalue weighted by Crippen LogP contribution is -2.11. The van der Waals surface area contributed by atoms with Crippen LogP contribution in [0.3, 0.4) is 0 Å². The first-order chi connectivity index (χ1) is 14.9. The molecule has 0 bridgehead atoms. The number of aromatic nitrogens is 2. The van der Waals surface area contributed by atoms with Crippen molar-refractivity contribution in [3.8, 4) is 11.8 Å². The number of nitrogens with zero attached hydrogens (tertiary/aromatic N) is 3. The maximum absolute atomic E-state index is 12.9. The first-order valence-corrected chi connectivity index (χ1v) is 10.5. The van der Waals surface area contributed by atoms with E-state index in [1.807, 2.05) is 51.1 Å². The quantitative estimate of drug-likeness (QED) is 0.465. The molecule has 6 nitrogen and oxygen atoms in total. The number of rotatable bonds is 5. The van der Waals surface area contributed by atoms with Crippen molar-refractivity contribution < 1.29 is 9.53 Å². The van der Waals surface area contributed by atoms with E-state index in [1.165, 1.54) is 11.3 Å². The molecule has 0 unspecified atom stereocenters. The van der Waals surface area contributed by atoms with Gasteiger partial charge in [0.2, 0.25) is 0 Å². The second-order valence-electron chi connectivity index (χ2n) is 7.18. The average molecular weight is 429 g/mol. The normalized spacial score (nSPS) is 10.6. The van der Waals surface area contributed by atoms with Gasteiger partial charge in [-0.05, 0) is 56.2 Å². The smallest absolute Gasteiger partial charge is 0.266 e. The maximum atomic E-state index is 12.9. The molecule has 2 heterocycles. The molecule has 2 aromatic carbocycles. The Morgan fingerprint density at radius 3 is 2.74 bits per heavy atom. The molecule has 154 valence electrons. The number of nitrogens with one attached hydrogen (secondary N) is 1. The van der Waals surface area contributed by atoms with E-state index in [2.05, 4.69) is 21.4 Å². The van der Waals surface area contributed by atoms with E-state index >= 15 is 0 Å². The van der Waals surface area contributed by atoms with Gasteiger partial charge in [0, 0.05) is 22.8 Å². The highest BCUT2D eigenvalue weighted by Gasteiger charge is 2.19. The topological polar surface area (TPSA) is 87.9 Å². The van der Waals surface area contributed by atoms with Crippen molar-refractivity contribution in [3.05, 3.63) is 81.6 Å². The molecule has 1 amide bonds. The maximum Gasteiger partial charge on any atom is 0.266 e. The Bertz CT molecular complexity index is 1340. The monoisotopic (exact) mass is 428 g/mol. The summed E-state index contributed by atoms with van der Waals surface area (Å²) in [5, 5.41) is 12.9. The minimum atomic E-state index is -0.184. The standard InChI is InChI=1S/C24H20N4O2S/c1-14-21-15(2)26-16(3)27-24(21)31-22(14)23(29)28-19-8-5-9-20(11-19)30-13-18-7-4-6-17(10-18)12-25/h4-11H,13H2,1-3H3,(H,28,29). The molecule has 31 heavy (non-hydrogen) atoms. The lowest BCUT2D eigenvalue weighted by molar-refractivity contribution is 0.103. The van der Waals surface area contributed by atoms with Gasteiger partial charge < -0.3 is 10.1 Å². The van der Waals surface area contributed by atoms with Gasteiger partial charge in [-0.3, -0.25) is 4.79 Å². The number of carbonyl (C=O) groups is 1. The zero-order valence-corrected chi connectivity index (χ0v) is 18.2. The highest BCUT2D eigenvalue weighted by atomic mass is 32.1. The average Bonchev–Trinajstić information content (AvgIpc) is 3.09. The fourth-order valence-electron chi connectivity index (χ4n) is 3.44. The molecule has 4 rings (SSSR count). The molecule has 1 N–H and O–H groups in total. The van der Waals surface area contributed by atoms with Gasteiger partial charge in [-0.15, -0.1) is 11.3 Å². The molecule has 4 aromatic rings. The molecule has 0 aliphatic heterocycles. The van der Waals surface area contributed by atoms with Crippen molar-refractivity contribution in [2.45, 2.75) is 27.4 Å². The van der Waals surface area contributed by atoms with Gasteiger partial charge >= 0.3 is 0 Å². The van der Waals surface area contributed by atoms with Crippen molar-refractivity contribution in [1.29, 1.82) is 5.26 Å². The molecular formula is C24H20N4O2S. The summed E-state index contributed by atoms with van der Waals surface area (Å²) in [7, 11) is 0. The molecule has 7 heteroatoms. The molecular weight excluding hydrogens is 408 g/mol. The molecule has 0 fully saturated rings. The van der Waals surface area contributed by atoms with E-state index in [-0.39, 0.29) is 5.91 Å². The van der Waals surface area contributed by atoms with Gasteiger partial charge in [-0.25, -0.2) is 9.97 Å². The van der Waals surface area contributed by atoms with Crippen LogP contribution in [0.25, 0.3) is 10.2 Å². The van der Waals surface area contributed by atoms with Gasteiger partial charge in [-0.2, -0.15) is 5.26 Å². The molecule has 0 saturated heterocycles. The van der Waals surface area contributed by atoms with Crippen molar-refractivity contribution in [1.82, 2.24) is 9.97 Å². The third-order valence-electron chi connectivity index (χ3n) is 4.84. The highest BCUT2D eigenvalue weighted by Crippen LogP contribution is 2.32. The van der Waals surface area contributed by atoms with E-state index < -0.39 is 0 Å². The SMILES string of the molecule is Cc1nc(C)c2c(C)c(C(=O)Nc3cccc(OCc4cccc(C#N)c4)c3)sc2n1. The number of fused-ring (bicyclic) bond motifs is 1. The summed E-state index contributed by atoms with van der Waals surface area (Å²) in [6, 6.07) is 16.7. The summed E-state index contributed by atoms with van der Waals surface area (Å²) in [4.78, 5) is 23.3. The van der Waals surface area contributed by atoms with E-state index in [0.29, 0.717) is 34.3 Å². The number of thiophene rings is 1. The van der Waals surface area contributed by atoms with Gasteiger partial charge in [-0.1, -0.05) is 18.2 Å². The van der Waals surface area contributed by atoms with Crippen LogP contribution in [0.1, 0.15) is 37.9 Å². The molecule has 0 aliphatic carbocycles. The second-order valence-corrected chi connectivity index (χ2v) is 8.17. The van der Waals surface area contributed by atoms with Gasteiger partial charge in [0.25, 0.3) is 5.91 Å². The Balaban J connectivity index is 1.50. The van der Waals surface area contributed by atoms with Crippen LogP contribution in [0.4, 0.5) is 5.69 Å². The molecule has 2 aromatic heterocycles. The van der Waals surface area contributed by atoms with Crippen LogP contribution in [0.5, 0.6) is 5.75 Å². The Morgan fingerprint density at radius 2 is 1.94 bits per heavy atom. The third kappa shape index (κ3) is 4.39. The van der Waals surface area contributed by atoms with Crippen LogP contribution in [-0.2, 0) is 6.61 Å². The number of hydrogen-bond acceptors (Lipinski definition) is 6. The van der Waals surface area contributed by atoms with Gasteiger partial charge in [0.15, 0.2) is 0 Å². The molecule has 0 aliphatic rings. The van der Waals surface area contributed by atoms with Crippen LogP contribution in [0, 0.1) is 32.1 Å². The number of aryl methyl sites for hydroxylation is 3. The number of benzene rings is 2. The van der Waals surface area contributed by atoms with Crippen LogP contribution in [-0.4, -0.2) is 15.9 Å². The second kappa shape index (κ2) is 8.54. The van der Waals surface area contributed by atoms with Crippen molar-refractivity contribution in [2.24, 2.45) is 0 Å². The minimum Gasteiger partial charge on any atom is -0.489 e. The minimum absolute atomic E-state index is 0.184. The van der Waals surface area contributed by atoms with E-state index in [1.54, 1.807) is 18.2 Å². The Labute approximate surface area is 184 Å². The van der Waals surface area contributed by atoms with Crippen LogP contribution >= 0.6 is 11.3 Å². The fourth-order valence-corrected chi connectivity index (χ4v) is 4.61. The summed E-state index contributed by atoms with van der Waals surface area (Å²) < 4.78 is 5.84. The molecule has 0 radical (unpaired) electrons.